The summed E-state index contributed by atoms with van der Waals surface area (Å²) < 4.78 is 0. The van der Waals surface area contributed by atoms with E-state index < -0.39 is 0 Å². The van der Waals surface area contributed by atoms with Crippen LogP contribution in [0.1, 0.15) is 84.0 Å². The van der Waals surface area contributed by atoms with Gasteiger partial charge in [0.2, 0.25) is 0 Å². The van der Waals surface area contributed by atoms with Gasteiger partial charge in [-0.2, -0.15) is 0 Å². The summed E-state index contributed by atoms with van der Waals surface area (Å²) in [6, 6.07) is 0.519. The lowest BCUT2D eigenvalue weighted by atomic mass is 9.73. The van der Waals surface area contributed by atoms with Crippen molar-refractivity contribution >= 4 is 0 Å². The lowest BCUT2D eigenvalue weighted by molar-refractivity contribution is 0.190. The normalized spacial score (nSPS) is 33.0. The molecule has 0 aromatic rings. The van der Waals surface area contributed by atoms with Crippen molar-refractivity contribution in [2.45, 2.75) is 90.0 Å². The fourth-order valence-corrected chi connectivity index (χ4v) is 4.35. The summed E-state index contributed by atoms with van der Waals surface area (Å²) in [5.74, 6) is 2.72. The average molecular weight is 251 g/mol. The summed E-state index contributed by atoms with van der Waals surface area (Å²) in [4.78, 5) is 0. The highest BCUT2D eigenvalue weighted by Crippen LogP contribution is 2.37. The zero-order valence-corrected chi connectivity index (χ0v) is 12.4. The fourth-order valence-electron chi connectivity index (χ4n) is 4.35. The Kier molecular flexibility index (Phi) is 6.01. The zero-order chi connectivity index (χ0) is 12.8. The smallest absolute Gasteiger partial charge is 0.00956 e. The largest absolute Gasteiger partial charge is 0.327 e. The van der Waals surface area contributed by atoms with Gasteiger partial charge in [-0.3, -0.25) is 0 Å². The first-order valence-electron chi connectivity index (χ1n) is 8.56. The Labute approximate surface area is 114 Å². The van der Waals surface area contributed by atoms with Gasteiger partial charge in [-0.25, -0.2) is 0 Å². The highest BCUT2D eigenvalue weighted by Gasteiger charge is 2.30. The average Bonchev–Trinajstić information content (AvgIpc) is 2.68. The van der Waals surface area contributed by atoms with Gasteiger partial charge in [-0.1, -0.05) is 58.3 Å². The second-order valence-corrected chi connectivity index (χ2v) is 6.90. The van der Waals surface area contributed by atoms with E-state index in [0.717, 1.165) is 17.8 Å². The summed E-state index contributed by atoms with van der Waals surface area (Å²) >= 11 is 0. The maximum absolute atomic E-state index is 6.61. The van der Waals surface area contributed by atoms with E-state index in [1.54, 1.807) is 0 Å². The van der Waals surface area contributed by atoms with Gasteiger partial charge >= 0.3 is 0 Å². The van der Waals surface area contributed by atoms with Crippen molar-refractivity contribution in [3.05, 3.63) is 0 Å². The molecule has 2 aliphatic carbocycles. The van der Waals surface area contributed by atoms with Crippen LogP contribution in [0, 0.1) is 17.8 Å². The molecule has 0 aliphatic heterocycles. The third-order valence-electron chi connectivity index (χ3n) is 5.58. The number of rotatable bonds is 4. The van der Waals surface area contributed by atoms with Crippen LogP contribution in [0.3, 0.4) is 0 Å². The Hall–Kier alpha value is -0.0400. The number of nitrogens with two attached hydrogens (primary N) is 1. The molecule has 1 nitrogen and oxygen atoms in total. The van der Waals surface area contributed by atoms with Crippen molar-refractivity contribution in [3.8, 4) is 0 Å². The van der Waals surface area contributed by atoms with Crippen molar-refractivity contribution in [2.75, 3.05) is 0 Å². The summed E-state index contributed by atoms with van der Waals surface area (Å²) in [7, 11) is 0. The van der Waals surface area contributed by atoms with Gasteiger partial charge in [0, 0.05) is 6.04 Å². The molecule has 2 saturated carbocycles. The monoisotopic (exact) mass is 251 g/mol. The Bertz CT molecular complexity index is 210. The van der Waals surface area contributed by atoms with Gasteiger partial charge < -0.3 is 5.73 Å². The van der Waals surface area contributed by atoms with Gasteiger partial charge in [0.15, 0.2) is 0 Å². The Balaban J connectivity index is 1.77. The predicted octanol–water partition coefficient (Wildman–Crippen LogP) is 4.89. The molecule has 2 fully saturated rings. The molecule has 2 aliphatic rings. The van der Waals surface area contributed by atoms with E-state index in [4.69, 9.17) is 5.73 Å². The molecule has 0 heterocycles. The van der Waals surface area contributed by atoms with Crippen LogP contribution in [-0.2, 0) is 0 Å². The Morgan fingerprint density at radius 1 is 0.833 bits per heavy atom. The minimum absolute atomic E-state index is 0.519. The number of hydrogen-bond acceptors (Lipinski definition) is 1. The van der Waals surface area contributed by atoms with Crippen LogP contribution < -0.4 is 5.73 Å². The van der Waals surface area contributed by atoms with E-state index in [1.165, 1.54) is 77.0 Å². The summed E-state index contributed by atoms with van der Waals surface area (Å²) in [6.07, 6.45) is 17.2. The third kappa shape index (κ3) is 3.98. The molecule has 0 spiro atoms. The molecule has 2 rings (SSSR count). The molecular weight excluding hydrogens is 218 g/mol. The minimum atomic E-state index is 0.519. The van der Waals surface area contributed by atoms with E-state index in [1.807, 2.05) is 0 Å². The molecule has 1 atom stereocenters. The fraction of sp³-hybridized carbons (Fsp3) is 1.00. The van der Waals surface area contributed by atoms with Crippen molar-refractivity contribution in [2.24, 2.45) is 23.5 Å². The summed E-state index contributed by atoms with van der Waals surface area (Å²) in [5, 5.41) is 0. The second-order valence-electron chi connectivity index (χ2n) is 6.90. The molecule has 0 aromatic heterocycles. The van der Waals surface area contributed by atoms with Gasteiger partial charge in [-0.05, 0) is 43.4 Å². The summed E-state index contributed by atoms with van der Waals surface area (Å²) in [5.41, 5.74) is 6.61. The molecule has 2 N–H and O–H groups in total. The first-order chi connectivity index (χ1) is 8.81. The van der Waals surface area contributed by atoms with Crippen LogP contribution >= 0.6 is 0 Å². The van der Waals surface area contributed by atoms with Crippen LogP contribution in [0.2, 0.25) is 0 Å². The second kappa shape index (κ2) is 7.53. The van der Waals surface area contributed by atoms with Gasteiger partial charge in [0.25, 0.3) is 0 Å². The highest BCUT2D eigenvalue weighted by molar-refractivity contribution is 4.85. The van der Waals surface area contributed by atoms with Crippen LogP contribution in [0.25, 0.3) is 0 Å². The maximum atomic E-state index is 6.61. The van der Waals surface area contributed by atoms with Crippen molar-refractivity contribution in [1.82, 2.24) is 0 Å². The minimum Gasteiger partial charge on any atom is -0.327 e. The van der Waals surface area contributed by atoms with E-state index in [0.29, 0.717) is 6.04 Å². The van der Waals surface area contributed by atoms with Gasteiger partial charge in [0.05, 0.1) is 0 Å². The molecule has 18 heavy (non-hydrogen) atoms. The van der Waals surface area contributed by atoms with Crippen molar-refractivity contribution < 1.29 is 0 Å². The van der Waals surface area contributed by atoms with Crippen LogP contribution in [0.15, 0.2) is 0 Å². The molecule has 1 heteroatoms. The first-order valence-corrected chi connectivity index (χ1v) is 8.56. The van der Waals surface area contributed by atoms with Gasteiger partial charge in [-0.15, -0.1) is 0 Å². The molecule has 0 aromatic carbocycles. The zero-order valence-electron chi connectivity index (χ0n) is 12.4. The standard InChI is InChI=1S/C17H33N/c1-2-7-14-10-12-16(13-11-14)17(18)15-8-5-3-4-6-9-15/h14-17H,2-13,18H2,1H3. The van der Waals surface area contributed by atoms with Crippen molar-refractivity contribution in [3.63, 3.8) is 0 Å². The topological polar surface area (TPSA) is 26.0 Å². The molecule has 0 radical (unpaired) electrons. The Morgan fingerprint density at radius 3 is 1.94 bits per heavy atom. The number of hydrogen-bond donors (Lipinski definition) is 1. The lowest BCUT2D eigenvalue weighted by Gasteiger charge is -2.35. The SMILES string of the molecule is CCCC1CCC(C(N)C2CCCCCC2)CC1. The summed E-state index contributed by atoms with van der Waals surface area (Å²) in [6.45, 7) is 2.32. The quantitative estimate of drug-likeness (QED) is 0.707. The van der Waals surface area contributed by atoms with Crippen LogP contribution in [0.5, 0.6) is 0 Å². The molecule has 0 saturated heterocycles. The predicted molar refractivity (Wildman–Crippen MR) is 79.5 cm³/mol. The van der Waals surface area contributed by atoms with Gasteiger partial charge in [0.1, 0.15) is 0 Å². The van der Waals surface area contributed by atoms with E-state index in [2.05, 4.69) is 6.92 Å². The van der Waals surface area contributed by atoms with E-state index in [-0.39, 0.29) is 0 Å². The molecule has 106 valence electrons. The lowest BCUT2D eigenvalue weighted by Crippen LogP contribution is -2.39. The van der Waals surface area contributed by atoms with Crippen LogP contribution in [-0.4, -0.2) is 6.04 Å². The third-order valence-corrected chi connectivity index (χ3v) is 5.58. The molecular formula is C17H33N. The van der Waals surface area contributed by atoms with E-state index >= 15 is 0 Å². The molecule has 0 bridgehead atoms. The molecule has 0 amide bonds. The molecule has 1 unspecified atom stereocenters. The van der Waals surface area contributed by atoms with Crippen molar-refractivity contribution in [1.29, 1.82) is 0 Å². The maximum Gasteiger partial charge on any atom is 0.00956 e. The Morgan fingerprint density at radius 2 is 1.39 bits per heavy atom. The van der Waals surface area contributed by atoms with Crippen LogP contribution in [0.4, 0.5) is 0 Å². The first kappa shape index (κ1) is 14.4. The van der Waals surface area contributed by atoms with E-state index in [9.17, 15) is 0 Å². The highest BCUT2D eigenvalue weighted by atomic mass is 14.7.